The average Bonchev–Trinajstić information content (AvgIpc) is 3.88. The fourth-order valence-corrected chi connectivity index (χ4v) is 12.1. The number of thioether (sulfide) groups is 1. The highest BCUT2D eigenvalue weighted by molar-refractivity contribution is 8.01. The second-order valence-corrected chi connectivity index (χ2v) is 17.0. The lowest BCUT2D eigenvalue weighted by Crippen LogP contribution is -2.37. The Morgan fingerprint density at radius 3 is 2.65 bits per heavy atom. The first-order chi connectivity index (χ1) is 25.8. The van der Waals surface area contributed by atoms with Gasteiger partial charge >= 0.3 is 0 Å². The van der Waals surface area contributed by atoms with Crippen LogP contribution in [0, 0.1) is 11.8 Å². The van der Waals surface area contributed by atoms with Crippen molar-refractivity contribution in [2.24, 2.45) is 11.8 Å². The lowest BCUT2D eigenvalue weighted by molar-refractivity contribution is 0.453. The number of nitrogens with zero attached hydrogens (tertiary/aromatic N) is 2. The predicted molar refractivity (Wildman–Crippen MR) is 219 cm³/mol. The molecule has 2 aromatic carbocycles. The highest BCUT2D eigenvalue weighted by Crippen LogP contribution is 2.54. The van der Waals surface area contributed by atoms with Crippen LogP contribution in [0.4, 0.5) is 17.1 Å². The van der Waals surface area contributed by atoms with Crippen LogP contribution in [-0.4, -0.2) is 22.6 Å². The summed E-state index contributed by atoms with van der Waals surface area (Å²) in [5.74, 6) is 2.50. The third-order valence-corrected chi connectivity index (χ3v) is 14.3. The quantitative estimate of drug-likeness (QED) is 0.247. The second-order valence-electron chi connectivity index (χ2n) is 15.5. The van der Waals surface area contributed by atoms with Crippen LogP contribution in [0.1, 0.15) is 61.3 Å². The van der Waals surface area contributed by atoms with Gasteiger partial charge in [-0.3, -0.25) is 0 Å². The summed E-state index contributed by atoms with van der Waals surface area (Å²) in [5, 5.41) is 2.45. The van der Waals surface area contributed by atoms with Gasteiger partial charge in [-0.25, -0.2) is 0 Å². The summed E-state index contributed by atoms with van der Waals surface area (Å²) >= 11 is 2.19. The molecule has 8 aliphatic rings. The molecule has 6 aliphatic carbocycles. The number of hydrogen-bond acceptors (Lipinski definition) is 4. The fourth-order valence-electron chi connectivity index (χ4n) is 10.3. The fraction of sp³-hybridized carbons (Fsp3) is 0.292. The summed E-state index contributed by atoms with van der Waals surface area (Å²) in [4.78, 5) is 5.34. The molecule has 52 heavy (non-hydrogen) atoms. The molecule has 7 unspecified atom stereocenters. The first-order valence-corrected chi connectivity index (χ1v) is 20.5. The summed E-state index contributed by atoms with van der Waals surface area (Å²) in [6.07, 6.45) is 48.0. The largest absolute Gasteiger partial charge is 0.456 e. The van der Waals surface area contributed by atoms with Gasteiger partial charge in [-0.15, -0.1) is 11.8 Å². The maximum Gasteiger partial charge on any atom is 0.137 e. The maximum absolute atomic E-state index is 6.54. The Morgan fingerprint density at radius 1 is 0.788 bits per heavy atom. The molecule has 3 aromatic rings. The summed E-state index contributed by atoms with van der Waals surface area (Å²) in [7, 11) is 0. The molecule has 0 N–H and O–H groups in total. The third-order valence-electron chi connectivity index (χ3n) is 12.6. The van der Waals surface area contributed by atoms with E-state index in [1.165, 1.54) is 50.4 Å². The molecule has 11 rings (SSSR count). The van der Waals surface area contributed by atoms with Crippen LogP contribution in [0.25, 0.3) is 17.0 Å². The first kappa shape index (κ1) is 30.9. The van der Waals surface area contributed by atoms with Gasteiger partial charge in [0, 0.05) is 44.4 Å². The Hall–Kier alpha value is -4.67. The Kier molecular flexibility index (Phi) is 7.42. The summed E-state index contributed by atoms with van der Waals surface area (Å²) in [6.45, 7) is 0. The van der Waals surface area contributed by atoms with E-state index in [-0.39, 0.29) is 18.0 Å². The van der Waals surface area contributed by atoms with Crippen LogP contribution in [0.15, 0.2) is 155 Å². The van der Waals surface area contributed by atoms with E-state index in [0.717, 1.165) is 56.3 Å². The van der Waals surface area contributed by atoms with Crippen molar-refractivity contribution in [3.05, 3.63) is 167 Å². The zero-order valence-corrected chi connectivity index (χ0v) is 30.3. The molecule has 0 spiro atoms. The molecular formula is C48H44N2OS. The van der Waals surface area contributed by atoms with Crippen molar-refractivity contribution < 1.29 is 4.42 Å². The molecule has 2 aliphatic heterocycles. The summed E-state index contributed by atoms with van der Waals surface area (Å²) in [6, 6.07) is 14.7. The third kappa shape index (κ3) is 4.94. The van der Waals surface area contributed by atoms with Gasteiger partial charge in [-0.05, 0) is 116 Å². The molecule has 1 saturated heterocycles. The Morgan fingerprint density at radius 2 is 1.73 bits per heavy atom. The number of aryl methyl sites for hydroxylation is 1. The van der Waals surface area contributed by atoms with E-state index >= 15 is 0 Å². The van der Waals surface area contributed by atoms with Crippen LogP contribution >= 0.6 is 11.8 Å². The molecule has 1 fully saturated rings. The number of anilines is 3. The minimum Gasteiger partial charge on any atom is -0.456 e. The van der Waals surface area contributed by atoms with Crippen molar-refractivity contribution >= 4 is 45.9 Å². The monoisotopic (exact) mass is 696 g/mol. The highest BCUT2D eigenvalue weighted by Gasteiger charge is 2.45. The van der Waals surface area contributed by atoms with Crippen molar-refractivity contribution in [1.29, 1.82) is 0 Å². The molecule has 0 amide bonds. The van der Waals surface area contributed by atoms with Crippen molar-refractivity contribution in [2.75, 3.05) is 9.80 Å². The van der Waals surface area contributed by atoms with Gasteiger partial charge in [0.15, 0.2) is 0 Å². The van der Waals surface area contributed by atoms with E-state index in [2.05, 4.69) is 161 Å². The predicted octanol–water partition coefficient (Wildman–Crippen LogP) is 12.0. The summed E-state index contributed by atoms with van der Waals surface area (Å²) < 4.78 is 6.54. The highest BCUT2D eigenvalue weighted by atomic mass is 32.2. The number of benzene rings is 2. The van der Waals surface area contributed by atoms with Crippen molar-refractivity contribution in [3.63, 3.8) is 0 Å². The molecule has 7 atom stereocenters. The van der Waals surface area contributed by atoms with Crippen LogP contribution in [-0.2, 0) is 6.42 Å². The topological polar surface area (TPSA) is 19.6 Å². The zero-order chi connectivity index (χ0) is 34.2. The normalized spacial score (nSPS) is 30.4. The molecule has 3 heterocycles. The summed E-state index contributed by atoms with van der Waals surface area (Å²) in [5.41, 5.74) is 11.8. The number of fused-ring (bicyclic) bond motifs is 9. The standard InChI is InChI=1S/C48H44N2OS/c1-3-12-31(13-4-1)32-22-26-41-39(28-32)40-29-34(24-27-42(40)50(41)33-14-5-2-6-15-33)49(35-23-25-37-36-16-8-10-21-46(36)52-47(37)30-35)43-18-11-20-45-48(43)38-17-7-9-19-44(38)51-45/h2-3,5,8-14,16,18-29,35-37,39,41,46-47H,1,4,6-7,15,17,30H2. The van der Waals surface area contributed by atoms with E-state index in [1.807, 2.05) is 0 Å². The first-order valence-electron chi connectivity index (χ1n) is 19.5. The van der Waals surface area contributed by atoms with Crippen LogP contribution in [0.2, 0.25) is 0 Å². The van der Waals surface area contributed by atoms with Gasteiger partial charge < -0.3 is 14.2 Å². The second kappa shape index (κ2) is 12.5. The zero-order valence-electron chi connectivity index (χ0n) is 29.5. The SMILES string of the molecule is C1=CCCC(N2c3ccc(N(c4cccc5oc6c(c45)CCC=C6)C4C=CC5C(C4)SC4C=CC=CC45)cc3C3C=C(C4=CCCC=C4)C=CC32)=C1. The molecule has 3 nitrogen and oxygen atoms in total. The number of rotatable bonds is 5. The van der Waals surface area contributed by atoms with Gasteiger partial charge in [0.1, 0.15) is 11.3 Å². The lowest BCUT2D eigenvalue weighted by atomic mass is 9.79. The van der Waals surface area contributed by atoms with Gasteiger partial charge in [-0.2, -0.15) is 0 Å². The molecule has 0 radical (unpaired) electrons. The molecular weight excluding hydrogens is 653 g/mol. The van der Waals surface area contributed by atoms with Crippen LogP contribution in [0.3, 0.4) is 0 Å². The minimum atomic E-state index is 0.240. The van der Waals surface area contributed by atoms with E-state index in [0.29, 0.717) is 22.3 Å². The van der Waals surface area contributed by atoms with Crippen LogP contribution < -0.4 is 9.80 Å². The minimum absolute atomic E-state index is 0.240. The average molecular weight is 697 g/mol. The van der Waals surface area contributed by atoms with Crippen molar-refractivity contribution in [1.82, 2.24) is 0 Å². The molecule has 258 valence electrons. The smallest absolute Gasteiger partial charge is 0.137 e. The van der Waals surface area contributed by atoms with E-state index < -0.39 is 0 Å². The van der Waals surface area contributed by atoms with Gasteiger partial charge in [0.2, 0.25) is 0 Å². The van der Waals surface area contributed by atoms with Crippen LogP contribution in [0.5, 0.6) is 0 Å². The van der Waals surface area contributed by atoms with E-state index in [1.54, 1.807) is 0 Å². The lowest BCUT2D eigenvalue weighted by Gasteiger charge is -2.38. The Labute approximate surface area is 311 Å². The van der Waals surface area contributed by atoms with Crippen molar-refractivity contribution in [3.8, 4) is 0 Å². The molecule has 0 bridgehead atoms. The Bertz CT molecular complexity index is 2280. The molecule has 0 saturated carbocycles. The molecule has 4 heteroatoms. The Balaban J connectivity index is 1.07. The maximum atomic E-state index is 6.54. The number of furan rings is 1. The van der Waals surface area contributed by atoms with Gasteiger partial charge in [0.25, 0.3) is 0 Å². The number of hydrogen-bond donors (Lipinski definition) is 0. The van der Waals surface area contributed by atoms with E-state index in [9.17, 15) is 0 Å². The van der Waals surface area contributed by atoms with E-state index in [4.69, 9.17) is 4.42 Å². The van der Waals surface area contributed by atoms with Gasteiger partial charge in [-0.1, -0.05) is 97.2 Å². The van der Waals surface area contributed by atoms with Gasteiger partial charge in [0.05, 0.1) is 17.8 Å². The molecule has 1 aromatic heterocycles. The number of allylic oxidation sites excluding steroid dienone is 15. The van der Waals surface area contributed by atoms with Crippen molar-refractivity contribution in [2.45, 2.75) is 73.4 Å².